The van der Waals surface area contributed by atoms with Gasteiger partial charge in [-0.25, -0.2) is 0 Å². The van der Waals surface area contributed by atoms with Gasteiger partial charge in [0, 0.05) is 32.7 Å². The highest BCUT2D eigenvalue weighted by Gasteiger charge is 2.18. The molecule has 2 aliphatic rings. The van der Waals surface area contributed by atoms with E-state index in [1.807, 2.05) is 18.2 Å². The van der Waals surface area contributed by atoms with Gasteiger partial charge >= 0.3 is 0 Å². The van der Waals surface area contributed by atoms with Gasteiger partial charge in [0.15, 0.2) is 15.8 Å². The van der Waals surface area contributed by atoms with Gasteiger partial charge in [-0.1, -0.05) is 29.2 Å². The zero-order chi connectivity index (χ0) is 18.6. The van der Waals surface area contributed by atoms with Crippen LogP contribution in [0.2, 0.25) is 0 Å². The van der Waals surface area contributed by atoms with Crippen LogP contribution in [0.3, 0.4) is 0 Å². The van der Waals surface area contributed by atoms with E-state index in [9.17, 15) is 4.79 Å². The highest BCUT2D eigenvalue weighted by Crippen LogP contribution is 2.32. The van der Waals surface area contributed by atoms with Gasteiger partial charge < -0.3 is 24.6 Å². The fraction of sp³-hybridized carbons (Fsp3) is 0.471. The standard InChI is InChI=1S/C17H21N5O3S2/c1-21-4-6-22(7-5-21)16-19-20-17(27-16)26-10-15(23)18-9-12-2-3-13-14(8-12)25-11-24-13/h2-3,8H,4-7,9-11H2,1H3,(H,18,23). The molecule has 1 fully saturated rings. The fourth-order valence-corrected chi connectivity index (χ4v) is 4.54. The summed E-state index contributed by atoms with van der Waals surface area (Å²) in [5.74, 6) is 1.76. The number of amides is 1. The summed E-state index contributed by atoms with van der Waals surface area (Å²) in [4.78, 5) is 16.7. The van der Waals surface area contributed by atoms with Crippen molar-refractivity contribution >= 4 is 34.1 Å². The first kappa shape index (κ1) is 18.3. The molecule has 2 aromatic rings. The summed E-state index contributed by atoms with van der Waals surface area (Å²) >= 11 is 2.97. The van der Waals surface area contributed by atoms with Crippen LogP contribution in [0.5, 0.6) is 11.5 Å². The van der Waals surface area contributed by atoms with Crippen molar-refractivity contribution in [3.8, 4) is 11.5 Å². The second-order valence-corrected chi connectivity index (χ2v) is 8.57. The fourth-order valence-electron chi connectivity index (χ4n) is 2.82. The van der Waals surface area contributed by atoms with Crippen LogP contribution in [0.1, 0.15) is 5.56 Å². The van der Waals surface area contributed by atoms with Gasteiger partial charge in [0.1, 0.15) is 0 Å². The Hall–Kier alpha value is -2.04. The number of benzene rings is 1. The molecule has 2 aliphatic heterocycles. The Morgan fingerprint density at radius 3 is 2.89 bits per heavy atom. The molecule has 1 aromatic carbocycles. The lowest BCUT2D eigenvalue weighted by Crippen LogP contribution is -2.44. The summed E-state index contributed by atoms with van der Waals surface area (Å²) in [7, 11) is 2.13. The zero-order valence-corrected chi connectivity index (χ0v) is 16.6. The van der Waals surface area contributed by atoms with Crippen LogP contribution in [-0.2, 0) is 11.3 Å². The second-order valence-electron chi connectivity index (χ2n) is 6.39. The number of carbonyl (C=O) groups excluding carboxylic acids is 1. The minimum Gasteiger partial charge on any atom is -0.454 e. The van der Waals surface area contributed by atoms with E-state index in [1.165, 1.54) is 11.8 Å². The quantitative estimate of drug-likeness (QED) is 0.721. The number of ether oxygens (including phenoxy) is 2. The Labute approximate surface area is 165 Å². The van der Waals surface area contributed by atoms with Crippen molar-refractivity contribution < 1.29 is 14.3 Å². The number of fused-ring (bicyclic) bond motifs is 1. The molecule has 4 rings (SSSR count). The molecule has 0 bridgehead atoms. The molecule has 3 heterocycles. The summed E-state index contributed by atoms with van der Waals surface area (Å²) in [5, 5.41) is 12.3. The van der Waals surface area contributed by atoms with Crippen molar-refractivity contribution in [3.63, 3.8) is 0 Å². The molecule has 1 amide bonds. The second kappa shape index (κ2) is 8.32. The molecule has 1 aromatic heterocycles. The van der Waals surface area contributed by atoms with Crippen molar-refractivity contribution in [1.29, 1.82) is 0 Å². The predicted molar refractivity (Wildman–Crippen MR) is 105 cm³/mol. The van der Waals surface area contributed by atoms with Crippen LogP contribution < -0.4 is 19.7 Å². The van der Waals surface area contributed by atoms with Crippen LogP contribution in [0, 0.1) is 0 Å². The maximum Gasteiger partial charge on any atom is 0.231 e. The molecular weight excluding hydrogens is 386 g/mol. The van der Waals surface area contributed by atoms with E-state index < -0.39 is 0 Å². The number of anilines is 1. The Morgan fingerprint density at radius 2 is 2.04 bits per heavy atom. The SMILES string of the molecule is CN1CCN(c2nnc(SCC(=O)NCc3ccc4c(c3)OCO4)s2)CC1. The molecule has 27 heavy (non-hydrogen) atoms. The van der Waals surface area contributed by atoms with Gasteiger partial charge in [0.25, 0.3) is 0 Å². The Morgan fingerprint density at radius 1 is 1.22 bits per heavy atom. The van der Waals surface area contributed by atoms with E-state index in [1.54, 1.807) is 11.3 Å². The molecule has 1 N–H and O–H groups in total. The van der Waals surface area contributed by atoms with Gasteiger partial charge in [-0.2, -0.15) is 0 Å². The van der Waals surface area contributed by atoms with E-state index >= 15 is 0 Å². The van der Waals surface area contributed by atoms with Gasteiger partial charge in [0.05, 0.1) is 5.75 Å². The molecule has 0 atom stereocenters. The van der Waals surface area contributed by atoms with E-state index in [0.29, 0.717) is 12.3 Å². The maximum absolute atomic E-state index is 12.1. The number of rotatable bonds is 6. The molecular formula is C17H21N5O3S2. The topological polar surface area (TPSA) is 79.8 Å². The smallest absolute Gasteiger partial charge is 0.231 e. The first-order valence-electron chi connectivity index (χ1n) is 8.72. The number of nitrogens with zero attached hydrogens (tertiary/aromatic N) is 4. The number of hydrogen-bond acceptors (Lipinski definition) is 9. The molecule has 0 saturated carbocycles. The molecule has 0 unspecified atom stereocenters. The van der Waals surface area contributed by atoms with Crippen molar-refractivity contribution in [2.75, 3.05) is 50.7 Å². The monoisotopic (exact) mass is 407 g/mol. The molecule has 1 saturated heterocycles. The molecule has 0 radical (unpaired) electrons. The third-order valence-corrected chi connectivity index (χ3v) is 6.54. The van der Waals surface area contributed by atoms with E-state index in [0.717, 1.165) is 52.7 Å². The lowest BCUT2D eigenvalue weighted by molar-refractivity contribution is -0.118. The first-order chi connectivity index (χ1) is 13.2. The van der Waals surface area contributed by atoms with Crippen molar-refractivity contribution in [3.05, 3.63) is 23.8 Å². The first-order valence-corrected chi connectivity index (χ1v) is 10.5. The number of likely N-dealkylation sites (N-methyl/N-ethyl adjacent to an activating group) is 1. The van der Waals surface area contributed by atoms with Crippen molar-refractivity contribution in [2.45, 2.75) is 10.9 Å². The summed E-state index contributed by atoms with van der Waals surface area (Å²) in [5.41, 5.74) is 0.978. The van der Waals surface area contributed by atoms with E-state index in [2.05, 4.69) is 32.4 Å². The van der Waals surface area contributed by atoms with Gasteiger partial charge in [-0.3, -0.25) is 4.79 Å². The minimum absolute atomic E-state index is 0.0333. The van der Waals surface area contributed by atoms with Crippen LogP contribution in [-0.4, -0.2) is 66.8 Å². The number of carbonyl (C=O) groups is 1. The molecule has 0 aliphatic carbocycles. The lowest BCUT2D eigenvalue weighted by atomic mass is 10.2. The number of thioether (sulfide) groups is 1. The van der Waals surface area contributed by atoms with Crippen LogP contribution in [0.25, 0.3) is 0 Å². The predicted octanol–water partition coefficient (Wildman–Crippen LogP) is 1.43. The third kappa shape index (κ3) is 4.63. The Kier molecular flexibility index (Phi) is 5.65. The van der Waals surface area contributed by atoms with Crippen LogP contribution in [0.15, 0.2) is 22.5 Å². The Balaban J connectivity index is 1.22. The van der Waals surface area contributed by atoms with Gasteiger partial charge in [-0.05, 0) is 24.7 Å². The highest BCUT2D eigenvalue weighted by molar-refractivity contribution is 8.01. The highest BCUT2D eigenvalue weighted by atomic mass is 32.2. The van der Waals surface area contributed by atoms with E-state index in [4.69, 9.17) is 9.47 Å². The number of piperazine rings is 1. The summed E-state index contributed by atoms with van der Waals surface area (Å²) in [6, 6.07) is 5.68. The average Bonchev–Trinajstić information content (AvgIpc) is 3.34. The molecule has 10 heteroatoms. The largest absolute Gasteiger partial charge is 0.454 e. The van der Waals surface area contributed by atoms with Crippen molar-refractivity contribution in [2.24, 2.45) is 0 Å². The van der Waals surface area contributed by atoms with E-state index in [-0.39, 0.29) is 12.7 Å². The zero-order valence-electron chi connectivity index (χ0n) is 15.0. The summed E-state index contributed by atoms with van der Waals surface area (Å²) in [6.07, 6.45) is 0. The average molecular weight is 408 g/mol. The van der Waals surface area contributed by atoms with Crippen molar-refractivity contribution in [1.82, 2.24) is 20.4 Å². The third-order valence-electron chi connectivity index (χ3n) is 4.42. The summed E-state index contributed by atoms with van der Waals surface area (Å²) in [6.45, 7) is 4.70. The van der Waals surface area contributed by atoms with Crippen LogP contribution >= 0.6 is 23.1 Å². The summed E-state index contributed by atoms with van der Waals surface area (Å²) < 4.78 is 11.5. The normalized spacial score (nSPS) is 16.6. The lowest BCUT2D eigenvalue weighted by Gasteiger charge is -2.31. The molecule has 8 nitrogen and oxygen atoms in total. The number of aromatic nitrogens is 2. The number of hydrogen-bond donors (Lipinski definition) is 1. The minimum atomic E-state index is -0.0333. The molecule has 144 valence electrons. The maximum atomic E-state index is 12.1. The molecule has 0 spiro atoms. The van der Waals surface area contributed by atoms with Crippen LogP contribution in [0.4, 0.5) is 5.13 Å². The van der Waals surface area contributed by atoms with Gasteiger partial charge in [0.2, 0.25) is 17.8 Å². The Bertz CT molecular complexity index is 808. The number of nitrogens with one attached hydrogen (secondary N) is 1. The van der Waals surface area contributed by atoms with Gasteiger partial charge in [-0.15, -0.1) is 10.2 Å².